The van der Waals surface area contributed by atoms with Gasteiger partial charge < -0.3 is 10.2 Å². The van der Waals surface area contributed by atoms with Crippen LogP contribution in [0.3, 0.4) is 0 Å². The minimum Gasteiger partial charge on any atom is -0.391 e. The van der Waals surface area contributed by atoms with Crippen molar-refractivity contribution in [3.8, 4) is 0 Å². The lowest BCUT2D eigenvalue weighted by atomic mass is 9.80. The number of halogens is 7. The van der Waals surface area contributed by atoms with Crippen molar-refractivity contribution >= 4 is 39.2 Å². The molecule has 0 aromatic heterocycles. The highest BCUT2D eigenvalue weighted by Crippen LogP contribution is 2.52. The molecule has 0 radical (unpaired) electrons. The Morgan fingerprint density at radius 3 is 2.31 bits per heavy atom. The molecular formula is C31H27ClF6N2O4S. The molecule has 2 unspecified atom stereocenters. The largest absolute Gasteiger partial charge is 0.416 e. The number of nitrogens with one attached hydrogen (secondary N) is 1. The SMILES string of the molecule is C[C@H]1CC2C[C@H](/C=N/OCc3ccc(C(F)(F)F)cc3)CC1[C@@H]2S(=O)(=O)c1cc(C(=O)Nc2cc(F)c(F)c(F)c2)ccc1Cl. The first-order valence-corrected chi connectivity index (χ1v) is 15.9. The van der Waals surface area contributed by atoms with E-state index in [-0.39, 0.29) is 51.4 Å². The number of nitrogens with zero attached hydrogens (tertiary/aromatic N) is 1. The van der Waals surface area contributed by atoms with Gasteiger partial charge in [0.15, 0.2) is 27.3 Å². The zero-order valence-corrected chi connectivity index (χ0v) is 25.2. The van der Waals surface area contributed by atoms with Gasteiger partial charge in [-0.3, -0.25) is 4.79 Å². The second-order valence-corrected chi connectivity index (χ2v) is 13.9. The Morgan fingerprint density at radius 2 is 1.69 bits per heavy atom. The zero-order chi connectivity index (χ0) is 32.7. The van der Waals surface area contributed by atoms with Crippen molar-refractivity contribution in [2.45, 2.75) is 49.1 Å². The van der Waals surface area contributed by atoms with E-state index in [9.17, 15) is 39.6 Å². The highest BCUT2D eigenvalue weighted by Gasteiger charge is 2.53. The van der Waals surface area contributed by atoms with Gasteiger partial charge in [-0.15, -0.1) is 0 Å². The summed E-state index contributed by atoms with van der Waals surface area (Å²) in [6, 6.07) is 9.39. The van der Waals surface area contributed by atoms with Crippen molar-refractivity contribution in [1.29, 1.82) is 0 Å². The zero-order valence-electron chi connectivity index (χ0n) is 23.6. The first-order valence-electron chi connectivity index (χ1n) is 14.0. The maximum Gasteiger partial charge on any atom is 0.416 e. The van der Waals surface area contributed by atoms with Crippen LogP contribution >= 0.6 is 11.6 Å². The van der Waals surface area contributed by atoms with E-state index in [1.807, 2.05) is 6.92 Å². The minimum absolute atomic E-state index is 0.0327. The molecule has 0 saturated heterocycles. The van der Waals surface area contributed by atoms with Crippen LogP contribution in [0.1, 0.15) is 47.7 Å². The maximum absolute atomic E-state index is 14.0. The highest BCUT2D eigenvalue weighted by atomic mass is 35.5. The number of carbonyl (C=O) groups is 1. The average Bonchev–Trinajstić information content (AvgIpc) is 3.19. The number of anilines is 1. The fourth-order valence-corrected chi connectivity index (χ4v) is 9.30. The van der Waals surface area contributed by atoms with E-state index in [0.717, 1.165) is 18.2 Å². The number of rotatable bonds is 8. The second-order valence-electron chi connectivity index (χ2n) is 11.5. The Balaban J connectivity index is 1.27. The Hall–Kier alpha value is -3.58. The Morgan fingerprint density at radius 1 is 1.02 bits per heavy atom. The van der Waals surface area contributed by atoms with Crippen molar-refractivity contribution in [2.24, 2.45) is 28.8 Å². The van der Waals surface area contributed by atoms with E-state index in [0.29, 0.717) is 37.0 Å². The van der Waals surface area contributed by atoms with Crippen LogP contribution in [-0.4, -0.2) is 25.8 Å². The van der Waals surface area contributed by atoms with E-state index in [2.05, 4.69) is 10.5 Å². The molecule has 2 aliphatic carbocycles. The van der Waals surface area contributed by atoms with Crippen LogP contribution in [0.4, 0.5) is 32.0 Å². The smallest absolute Gasteiger partial charge is 0.391 e. The monoisotopic (exact) mass is 672 g/mol. The van der Waals surface area contributed by atoms with Gasteiger partial charge in [0, 0.05) is 29.6 Å². The van der Waals surface area contributed by atoms with E-state index >= 15 is 0 Å². The molecule has 2 aliphatic rings. The van der Waals surface area contributed by atoms with E-state index in [4.69, 9.17) is 16.4 Å². The summed E-state index contributed by atoms with van der Waals surface area (Å²) < 4.78 is 107. The molecule has 0 aliphatic heterocycles. The van der Waals surface area contributed by atoms with Crippen molar-refractivity contribution in [2.75, 3.05) is 5.32 Å². The second kappa shape index (κ2) is 12.7. The fraction of sp³-hybridized carbons (Fsp3) is 0.355. The third kappa shape index (κ3) is 6.99. The first-order chi connectivity index (χ1) is 21.1. The summed E-state index contributed by atoms with van der Waals surface area (Å²) in [5.74, 6) is -6.08. The number of benzene rings is 3. The number of carbonyl (C=O) groups excluding carboxylic acids is 1. The normalized spacial score (nSPS) is 23.3. The van der Waals surface area contributed by atoms with E-state index in [1.165, 1.54) is 24.3 Å². The lowest BCUT2D eigenvalue weighted by molar-refractivity contribution is -0.137. The molecular weight excluding hydrogens is 646 g/mol. The molecule has 5 rings (SSSR count). The molecule has 0 spiro atoms. The van der Waals surface area contributed by atoms with Gasteiger partial charge in [0.2, 0.25) is 0 Å². The molecule has 1 amide bonds. The van der Waals surface area contributed by atoms with E-state index < -0.39 is 50.2 Å². The molecule has 5 atom stereocenters. The summed E-state index contributed by atoms with van der Waals surface area (Å²) in [6.07, 6.45) is -1.20. The van der Waals surface area contributed by atoms with Crippen molar-refractivity contribution < 1.29 is 44.4 Å². The molecule has 2 fully saturated rings. The summed E-state index contributed by atoms with van der Waals surface area (Å²) in [4.78, 5) is 17.9. The van der Waals surface area contributed by atoms with Crippen LogP contribution in [0, 0.1) is 41.1 Å². The summed E-state index contributed by atoms with van der Waals surface area (Å²) in [5, 5.41) is 5.37. The van der Waals surface area contributed by atoms with Crippen molar-refractivity contribution in [3.05, 3.63) is 93.8 Å². The number of oxime groups is 1. The van der Waals surface area contributed by atoms with Gasteiger partial charge in [0.05, 0.1) is 20.7 Å². The molecule has 2 saturated carbocycles. The Labute approximate surface area is 260 Å². The maximum atomic E-state index is 14.0. The van der Waals surface area contributed by atoms with Gasteiger partial charge >= 0.3 is 6.18 Å². The number of hydrogen-bond donors (Lipinski definition) is 1. The van der Waals surface area contributed by atoms with E-state index in [1.54, 1.807) is 6.21 Å². The Kier molecular flexibility index (Phi) is 9.23. The van der Waals surface area contributed by atoms with Crippen LogP contribution in [-0.2, 0) is 27.5 Å². The molecule has 3 aromatic rings. The quantitative estimate of drug-likeness (QED) is 0.114. The van der Waals surface area contributed by atoms with Gasteiger partial charge in [0.1, 0.15) is 6.61 Å². The van der Waals surface area contributed by atoms with Crippen molar-refractivity contribution in [1.82, 2.24) is 0 Å². The highest BCUT2D eigenvalue weighted by molar-refractivity contribution is 7.92. The van der Waals surface area contributed by atoms with Crippen LogP contribution in [0.5, 0.6) is 0 Å². The predicted octanol–water partition coefficient (Wildman–Crippen LogP) is 8.06. The topological polar surface area (TPSA) is 84.8 Å². The number of amides is 1. The van der Waals surface area contributed by atoms with Gasteiger partial charge in [-0.1, -0.05) is 35.8 Å². The third-order valence-electron chi connectivity index (χ3n) is 8.43. The Bertz CT molecular complexity index is 1710. The van der Waals surface area contributed by atoms with Crippen LogP contribution in [0.25, 0.3) is 0 Å². The fourth-order valence-electron chi connectivity index (χ4n) is 6.37. The molecule has 14 heteroatoms. The predicted molar refractivity (Wildman–Crippen MR) is 155 cm³/mol. The lowest BCUT2D eigenvalue weighted by Gasteiger charge is -2.34. The average molecular weight is 673 g/mol. The van der Waals surface area contributed by atoms with Gasteiger partial charge in [-0.25, -0.2) is 21.6 Å². The summed E-state index contributed by atoms with van der Waals surface area (Å²) in [7, 11) is -4.05. The molecule has 0 heterocycles. The number of fused-ring (bicyclic) bond motifs is 2. The number of alkyl halides is 3. The van der Waals surface area contributed by atoms with Crippen LogP contribution in [0.2, 0.25) is 5.02 Å². The number of sulfone groups is 1. The van der Waals surface area contributed by atoms with Crippen molar-refractivity contribution in [3.63, 3.8) is 0 Å². The minimum atomic E-state index is -4.43. The molecule has 2 bridgehead atoms. The number of hydrogen-bond acceptors (Lipinski definition) is 5. The first kappa shape index (κ1) is 32.8. The summed E-state index contributed by atoms with van der Waals surface area (Å²) >= 11 is 6.33. The molecule has 6 nitrogen and oxygen atoms in total. The van der Waals surface area contributed by atoms with Gasteiger partial charge in [0.25, 0.3) is 5.91 Å². The molecule has 45 heavy (non-hydrogen) atoms. The molecule has 1 N–H and O–H groups in total. The van der Waals surface area contributed by atoms with Crippen LogP contribution < -0.4 is 5.32 Å². The molecule has 240 valence electrons. The standard InChI is InChI=1S/C31H27ClF6N2O4S/c1-16-8-20-9-18(14-39-44-15-17-2-5-21(6-3-17)31(36,37)38)10-23(16)29(20)45(42,43)27-11-19(4-7-24(27)32)30(41)40-22-12-25(33)28(35)26(34)13-22/h2-7,11-14,16,18,20,23,29H,8-10,15H2,1H3,(H,40,41)/b39-14+/t16-,18-,20?,23?,29+/m0/s1. The third-order valence-corrected chi connectivity index (χ3v) is 11.3. The summed E-state index contributed by atoms with van der Waals surface area (Å²) in [6.45, 7) is 1.94. The van der Waals surface area contributed by atoms with Crippen LogP contribution in [0.15, 0.2) is 64.6 Å². The van der Waals surface area contributed by atoms with Gasteiger partial charge in [-0.2, -0.15) is 13.2 Å². The molecule has 3 aromatic carbocycles. The van der Waals surface area contributed by atoms with Gasteiger partial charge in [-0.05, 0) is 78.8 Å². The summed E-state index contributed by atoms with van der Waals surface area (Å²) in [5.41, 5.74) is -0.741. The lowest BCUT2D eigenvalue weighted by Crippen LogP contribution is -2.38.